The molecule has 0 spiro atoms. The van der Waals surface area contributed by atoms with Gasteiger partial charge in [-0.05, 0) is 35.4 Å². The maximum absolute atomic E-state index is 9.60. The zero-order valence-corrected chi connectivity index (χ0v) is 17.1. The van der Waals surface area contributed by atoms with Crippen LogP contribution in [-0.4, -0.2) is 24.0 Å². The average molecular weight is 373 g/mol. The van der Waals surface area contributed by atoms with Gasteiger partial charge in [0.25, 0.3) is 0 Å². The van der Waals surface area contributed by atoms with Crippen molar-refractivity contribution in [3.8, 4) is 0 Å². The number of nitrogens with zero attached hydrogens (tertiary/aromatic N) is 2. The van der Waals surface area contributed by atoms with Crippen LogP contribution >= 0.6 is 0 Å². The molecule has 0 atom stereocenters. The van der Waals surface area contributed by atoms with E-state index in [0.717, 1.165) is 11.4 Å². The smallest absolute Gasteiger partial charge is 0.0674 e. The number of aliphatic imine (C=N–C) groups is 1. The van der Waals surface area contributed by atoms with Crippen molar-refractivity contribution in [2.75, 3.05) is 18.1 Å². The minimum atomic E-state index is -0.105. The highest BCUT2D eigenvalue weighted by atomic mass is 16.3. The Morgan fingerprint density at radius 2 is 1.61 bits per heavy atom. The second-order valence-electron chi connectivity index (χ2n) is 8.57. The Morgan fingerprint density at radius 1 is 0.929 bits per heavy atom. The molecule has 0 bridgehead atoms. The molecule has 2 aromatic carbocycles. The van der Waals surface area contributed by atoms with Crippen molar-refractivity contribution >= 4 is 17.1 Å². The number of rotatable bonds is 4. The van der Waals surface area contributed by atoms with E-state index in [0.29, 0.717) is 6.54 Å². The number of allylic oxidation sites excluding steroid dienone is 4. The third-order valence-electron chi connectivity index (χ3n) is 6.09. The summed E-state index contributed by atoms with van der Waals surface area (Å²) in [6, 6.07) is 16.8. The summed E-state index contributed by atoms with van der Waals surface area (Å²) in [4.78, 5) is 7.08. The predicted octanol–water partition coefficient (Wildman–Crippen LogP) is 5.28. The summed E-state index contributed by atoms with van der Waals surface area (Å²) < 4.78 is 0. The molecule has 0 aliphatic carbocycles. The van der Waals surface area contributed by atoms with Crippen molar-refractivity contribution in [3.63, 3.8) is 0 Å². The van der Waals surface area contributed by atoms with Crippen molar-refractivity contribution in [1.29, 1.82) is 0 Å². The molecule has 0 saturated carbocycles. The van der Waals surface area contributed by atoms with Crippen LogP contribution in [0.25, 0.3) is 0 Å². The highest BCUT2D eigenvalue weighted by molar-refractivity contribution is 6.08. The molecule has 0 fully saturated rings. The molecular formula is C25H28N2O. The van der Waals surface area contributed by atoms with Gasteiger partial charge in [-0.25, -0.2) is 0 Å². The van der Waals surface area contributed by atoms with E-state index in [1.54, 1.807) is 0 Å². The van der Waals surface area contributed by atoms with E-state index in [4.69, 9.17) is 4.99 Å². The predicted molar refractivity (Wildman–Crippen MR) is 118 cm³/mol. The first-order valence-electron chi connectivity index (χ1n) is 9.93. The molecule has 0 aromatic heterocycles. The van der Waals surface area contributed by atoms with E-state index in [9.17, 15) is 5.11 Å². The molecule has 2 heterocycles. The molecule has 28 heavy (non-hydrogen) atoms. The molecule has 0 unspecified atom stereocenters. The first kappa shape index (κ1) is 18.7. The van der Waals surface area contributed by atoms with Crippen LogP contribution < -0.4 is 4.90 Å². The minimum absolute atomic E-state index is 0.0927. The van der Waals surface area contributed by atoms with Crippen molar-refractivity contribution in [2.24, 2.45) is 4.99 Å². The monoisotopic (exact) mass is 372 g/mol. The van der Waals surface area contributed by atoms with Crippen LogP contribution in [0.1, 0.15) is 38.8 Å². The van der Waals surface area contributed by atoms with Gasteiger partial charge in [0.1, 0.15) is 0 Å². The number of anilines is 1. The molecule has 1 N–H and O–H groups in total. The van der Waals surface area contributed by atoms with Gasteiger partial charge < -0.3 is 10.0 Å². The number of aliphatic hydroxyl groups is 1. The van der Waals surface area contributed by atoms with Gasteiger partial charge in [-0.3, -0.25) is 4.99 Å². The lowest BCUT2D eigenvalue weighted by Gasteiger charge is -2.26. The summed E-state index contributed by atoms with van der Waals surface area (Å²) in [7, 11) is 0. The van der Waals surface area contributed by atoms with Crippen LogP contribution in [-0.2, 0) is 10.8 Å². The van der Waals surface area contributed by atoms with E-state index >= 15 is 0 Å². The Labute approximate surface area is 167 Å². The molecular weight excluding hydrogens is 344 g/mol. The topological polar surface area (TPSA) is 35.8 Å². The van der Waals surface area contributed by atoms with Crippen LogP contribution in [0.5, 0.6) is 0 Å². The molecule has 2 aliphatic rings. The Morgan fingerprint density at radius 3 is 2.32 bits per heavy atom. The fourth-order valence-electron chi connectivity index (χ4n) is 4.47. The summed E-state index contributed by atoms with van der Waals surface area (Å²) in [5, 5.41) is 9.60. The first-order valence-corrected chi connectivity index (χ1v) is 9.93. The normalized spacial score (nSPS) is 20.5. The molecule has 3 heteroatoms. The van der Waals surface area contributed by atoms with Gasteiger partial charge in [-0.1, -0.05) is 70.2 Å². The fraction of sp³-hybridized carbons (Fsp3) is 0.320. The van der Waals surface area contributed by atoms with Gasteiger partial charge in [0.15, 0.2) is 0 Å². The van der Waals surface area contributed by atoms with Crippen LogP contribution in [0.3, 0.4) is 0 Å². The number of aliphatic hydroxyl groups excluding tert-OH is 1. The van der Waals surface area contributed by atoms with E-state index in [1.165, 1.54) is 22.5 Å². The molecule has 0 amide bonds. The van der Waals surface area contributed by atoms with Crippen LogP contribution in [0, 0.1) is 0 Å². The van der Waals surface area contributed by atoms with Gasteiger partial charge in [-0.15, -0.1) is 0 Å². The molecule has 4 rings (SSSR count). The van der Waals surface area contributed by atoms with Crippen molar-refractivity contribution in [3.05, 3.63) is 83.6 Å². The lowest BCUT2D eigenvalue weighted by molar-refractivity contribution is 0.304. The van der Waals surface area contributed by atoms with Gasteiger partial charge in [0, 0.05) is 28.8 Å². The van der Waals surface area contributed by atoms with Crippen molar-refractivity contribution in [1.82, 2.24) is 0 Å². The highest BCUT2D eigenvalue weighted by Gasteiger charge is 2.39. The number of hydrogen-bond donors (Lipinski definition) is 1. The largest absolute Gasteiger partial charge is 0.395 e. The molecule has 0 saturated heterocycles. The lowest BCUT2D eigenvalue weighted by atomic mass is 9.81. The molecule has 2 aliphatic heterocycles. The van der Waals surface area contributed by atoms with E-state index < -0.39 is 0 Å². The zero-order valence-electron chi connectivity index (χ0n) is 17.1. The average Bonchev–Trinajstić information content (AvgIpc) is 3.05. The van der Waals surface area contributed by atoms with Crippen molar-refractivity contribution < 1.29 is 5.11 Å². The maximum Gasteiger partial charge on any atom is 0.0674 e. The summed E-state index contributed by atoms with van der Waals surface area (Å²) in [5.74, 6) is 0. The SMILES string of the molecule is CC1(C)C(/C=C/C=C2/N(CCO)c3ccccc3C2(C)C)=Nc2ccccc21. The third-order valence-corrected chi connectivity index (χ3v) is 6.09. The molecule has 0 radical (unpaired) electrons. The number of β-amino-alcohol motifs (C(OH)–C–C–N with tert-alkyl or cyclic N) is 1. The van der Waals surface area contributed by atoms with Gasteiger partial charge in [0.2, 0.25) is 0 Å². The minimum Gasteiger partial charge on any atom is -0.395 e. The quantitative estimate of drug-likeness (QED) is 0.792. The summed E-state index contributed by atoms with van der Waals surface area (Å²) in [6.07, 6.45) is 6.42. The molecule has 2 aromatic rings. The Kier molecular flexibility index (Phi) is 4.51. The van der Waals surface area contributed by atoms with Crippen LogP contribution in [0.2, 0.25) is 0 Å². The van der Waals surface area contributed by atoms with Gasteiger partial charge in [-0.2, -0.15) is 0 Å². The van der Waals surface area contributed by atoms with E-state index in [1.807, 2.05) is 6.07 Å². The Bertz CT molecular complexity index is 995. The standard InChI is InChI=1S/C25H28N2O/c1-24(2)18-10-5-7-12-20(18)26-22(24)14-9-15-23-25(3,4)19-11-6-8-13-21(19)27(23)16-17-28/h5-15,28H,16-17H2,1-4H3/b14-9+,23-15+. The maximum atomic E-state index is 9.60. The lowest BCUT2D eigenvalue weighted by Crippen LogP contribution is -2.28. The summed E-state index contributed by atoms with van der Waals surface area (Å²) in [6.45, 7) is 9.66. The number of benzene rings is 2. The fourth-order valence-corrected chi connectivity index (χ4v) is 4.47. The Hall–Kier alpha value is -2.65. The number of para-hydroxylation sites is 2. The summed E-state index contributed by atoms with van der Waals surface area (Å²) in [5.41, 5.74) is 6.91. The zero-order chi connectivity index (χ0) is 19.9. The van der Waals surface area contributed by atoms with Crippen molar-refractivity contribution in [2.45, 2.75) is 38.5 Å². The second-order valence-corrected chi connectivity index (χ2v) is 8.57. The van der Waals surface area contributed by atoms with Gasteiger partial charge in [0.05, 0.1) is 18.0 Å². The van der Waals surface area contributed by atoms with Gasteiger partial charge >= 0.3 is 0 Å². The highest BCUT2D eigenvalue weighted by Crippen LogP contribution is 2.47. The third kappa shape index (κ3) is 2.82. The second kappa shape index (κ2) is 6.75. The van der Waals surface area contributed by atoms with Crippen LogP contribution in [0.4, 0.5) is 11.4 Å². The first-order chi connectivity index (χ1) is 13.4. The number of hydrogen-bond acceptors (Lipinski definition) is 3. The van der Waals surface area contributed by atoms with Crippen LogP contribution in [0.15, 0.2) is 77.4 Å². The molecule has 3 nitrogen and oxygen atoms in total. The van der Waals surface area contributed by atoms with E-state index in [2.05, 4.69) is 93.3 Å². The summed E-state index contributed by atoms with van der Waals surface area (Å²) >= 11 is 0. The van der Waals surface area contributed by atoms with E-state index in [-0.39, 0.29) is 17.4 Å². The Balaban J connectivity index is 1.68. The number of fused-ring (bicyclic) bond motifs is 2. The molecule has 144 valence electrons.